The van der Waals surface area contributed by atoms with Gasteiger partial charge in [-0.15, -0.1) is 0 Å². The molecule has 8 heteroatoms. The first-order chi connectivity index (χ1) is 18.2. The van der Waals surface area contributed by atoms with E-state index in [0.29, 0.717) is 43.2 Å². The number of aliphatic hydroxyl groups is 1. The lowest BCUT2D eigenvalue weighted by atomic mass is 9.99. The van der Waals surface area contributed by atoms with E-state index in [2.05, 4.69) is 29.2 Å². The molecule has 0 aromatic heterocycles. The van der Waals surface area contributed by atoms with Crippen LogP contribution in [-0.2, 0) is 17.8 Å². The predicted molar refractivity (Wildman–Crippen MR) is 144 cm³/mol. The van der Waals surface area contributed by atoms with Gasteiger partial charge in [-0.05, 0) is 43.5 Å². The van der Waals surface area contributed by atoms with Crippen LogP contribution < -0.4 is 9.47 Å². The molecule has 1 N–H and O–H groups in total. The van der Waals surface area contributed by atoms with Crippen LogP contribution in [0.2, 0.25) is 0 Å². The zero-order valence-electron chi connectivity index (χ0n) is 22.7. The summed E-state index contributed by atoms with van der Waals surface area (Å²) in [5, 5.41) is 11.0. The van der Waals surface area contributed by atoms with Crippen molar-refractivity contribution < 1.29 is 24.2 Å². The van der Waals surface area contributed by atoms with Crippen LogP contribution in [0.15, 0.2) is 42.5 Å². The van der Waals surface area contributed by atoms with E-state index in [9.17, 15) is 14.7 Å². The molecule has 8 nitrogen and oxygen atoms in total. The van der Waals surface area contributed by atoms with Gasteiger partial charge in [0, 0.05) is 65.1 Å². The molecular weight excluding hydrogens is 482 g/mol. The summed E-state index contributed by atoms with van der Waals surface area (Å²) in [6, 6.07) is 13.8. The number of hydrogen-bond acceptors (Lipinski definition) is 6. The Hall–Kier alpha value is -3.10. The largest absolute Gasteiger partial charge is 0.490 e. The summed E-state index contributed by atoms with van der Waals surface area (Å²) in [7, 11) is 0. The fourth-order valence-corrected chi connectivity index (χ4v) is 5.82. The van der Waals surface area contributed by atoms with Crippen LogP contribution >= 0.6 is 0 Å². The van der Waals surface area contributed by atoms with E-state index < -0.39 is 11.7 Å². The molecule has 3 aliphatic rings. The molecule has 0 spiro atoms. The number of likely N-dealkylation sites (tertiary alicyclic amines) is 1. The average molecular weight is 522 g/mol. The maximum Gasteiger partial charge on any atom is 0.257 e. The summed E-state index contributed by atoms with van der Waals surface area (Å²) in [4.78, 5) is 31.0. The molecule has 1 fully saturated rings. The van der Waals surface area contributed by atoms with Crippen molar-refractivity contribution in [2.24, 2.45) is 0 Å². The molecule has 2 amide bonds. The molecule has 2 aromatic carbocycles. The van der Waals surface area contributed by atoms with Gasteiger partial charge in [-0.1, -0.05) is 24.3 Å². The molecule has 38 heavy (non-hydrogen) atoms. The van der Waals surface area contributed by atoms with Crippen molar-refractivity contribution in [1.82, 2.24) is 14.7 Å². The van der Waals surface area contributed by atoms with Gasteiger partial charge < -0.3 is 24.4 Å². The number of nitrogens with zero attached hydrogens (tertiary/aromatic N) is 3. The van der Waals surface area contributed by atoms with Gasteiger partial charge in [0.2, 0.25) is 5.91 Å². The van der Waals surface area contributed by atoms with Crippen molar-refractivity contribution in [3.63, 3.8) is 0 Å². The van der Waals surface area contributed by atoms with Gasteiger partial charge in [-0.3, -0.25) is 14.5 Å². The van der Waals surface area contributed by atoms with Crippen molar-refractivity contribution in [3.05, 3.63) is 59.2 Å². The number of aliphatic hydroxyl groups excluding tert-OH is 1. The number of carbonyl (C=O) groups is 2. The second-order valence-electron chi connectivity index (χ2n) is 11.4. The Morgan fingerprint density at radius 3 is 2.58 bits per heavy atom. The van der Waals surface area contributed by atoms with Gasteiger partial charge in [0.1, 0.15) is 23.2 Å². The molecule has 1 atom stereocenters. The summed E-state index contributed by atoms with van der Waals surface area (Å²) in [6.45, 7) is 9.74. The highest BCUT2D eigenvalue weighted by Crippen LogP contribution is 2.34. The summed E-state index contributed by atoms with van der Waals surface area (Å²) < 4.78 is 12.5. The zero-order valence-corrected chi connectivity index (χ0v) is 22.7. The number of β-amino-alcohol motifs (C(OH)–C–C–N with tert-alkyl or cyclic N) is 1. The molecule has 1 unspecified atom stereocenters. The maximum atomic E-state index is 13.6. The minimum atomic E-state index is -0.662. The topological polar surface area (TPSA) is 82.6 Å². The number of amides is 2. The van der Waals surface area contributed by atoms with Gasteiger partial charge in [0.05, 0.1) is 18.2 Å². The van der Waals surface area contributed by atoms with Crippen LogP contribution in [0, 0.1) is 0 Å². The number of piperidine rings is 1. The minimum Gasteiger partial charge on any atom is -0.490 e. The van der Waals surface area contributed by atoms with Crippen molar-refractivity contribution in [2.75, 3.05) is 39.3 Å². The van der Waals surface area contributed by atoms with Crippen LogP contribution in [0.3, 0.4) is 0 Å². The number of carbonyl (C=O) groups excluding carboxylic acids is 2. The average Bonchev–Trinajstić information content (AvgIpc) is 2.96. The molecule has 1 saturated heterocycles. The Morgan fingerprint density at radius 1 is 1.11 bits per heavy atom. The Labute approximate surface area is 225 Å². The Morgan fingerprint density at radius 2 is 1.84 bits per heavy atom. The Kier molecular flexibility index (Phi) is 7.63. The fourth-order valence-electron chi connectivity index (χ4n) is 5.82. The molecule has 5 rings (SSSR count). The van der Waals surface area contributed by atoms with E-state index in [0.717, 1.165) is 32.4 Å². The second-order valence-corrected chi connectivity index (χ2v) is 11.4. The number of hydrogen-bond donors (Lipinski definition) is 1. The van der Waals surface area contributed by atoms with Crippen molar-refractivity contribution in [2.45, 2.75) is 64.4 Å². The van der Waals surface area contributed by atoms with Crippen LogP contribution in [0.5, 0.6) is 11.5 Å². The lowest BCUT2D eigenvalue weighted by Crippen LogP contribution is -2.48. The van der Waals surface area contributed by atoms with E-state index in [-0.39, 0.29) is 24.5 Å². The molecular formula is C30H39N3O5. The van der Waals surface area contributed by atoms with E-state index >= 15 is 0 Å². The Balaban J connectivity index is 1.23. The number of rotatable bonds is 6. The molecule has 0 bridgehead atoms. The fraction of sp³-hybridized carbons (Fsp3) is 0.533. The lowest BCUT2D eigenvalue weighted by molar-refractivity contribution is -0.130. The van der Waals surface area contributed by atoms with Crippen LogP contribution in [-0.4, -0.2) is 88.7 Å². The first-order valence-electron chi connectivity index (χ1n) is 13.7. The van der Waals surface area contributed by atoms with Crippen molar-refractivity contribution in [1.29, 1.82) is 0 Å². The van der Waals surface area contributed by atoms with Crippen LogP contribution in [0.4, 0.5) is 0 Å². The molecule has 3 heterocycles. The Bertz CT molecular complexity index is 1170. The third kappa shape index (κ3) is 6.13. The maximum absolute atomic E-state index is 13.6. The van der Waals surface area contributed by atoms with E-state index in [1.165, 1.54) is 11.1 Å². The minimum absolute atomic E-state index is 0.0199. The lowest BCUT2D eigenvalue weighted by Gasteiger charge is -2.33. The quantitative estimate of drug-likeness (QED) is 0.629. The normalized spacial score (nSPS) is 20.7. The van der Waals surface area contributed by atoms with Crippen LogP contribution in [0.25, 0.3) is 0 Å². The van der Waals surface area contributed by atoms with Crippen molar-refractivity contribution >= 4 is 11.8 Å². The van der Waals surface area contributed by atoms with Gasteiger partial charge in [0.25, 0.3) is 5.91 Å². The SMILES string of the molecule is CC(=O)N1CCC(Oc2ccc3c(c2)OC(C)(C)CN(CC(O)CN2CCc4ccccc4C2)C3=O)CC1. The van der Waals surface area contributed by atoms with E-state index in [1.54, 1.807) is 24.0 Å². The smallest absolute Gasteiger partial charge is 0.257 e. The molecule has 0 aliphatic carbocycles. The van der Waals surface area contributed by atoms with Gasteiger partial charge in [-0.2, -0.15) is 0 Å². The van der Waals surface area contributed by atoms with E-state index in [1.807, 2.05) is 24.8 Å². The molecule has 204 valence electrons. The molecule has 3 aliphatic heterocycles. The standard InChI is InChI=1S/C30H39N3O5/c1-21(34)32-14-11-25(12-15-32)37-26-8-9-27-28(16-26)38-30(2,3)20-33(29(27)36)19-24(35)18-31-13-10-22-6-4-5-7-23(22)17-31/h4-9,16,24-25,35H,10-15,17-20H2,1-3H3. The summed E-state index contributed by atoms with van der Waals surface area (Å²) in [5.74, 6) is 1.12. The number of ether oxygens (including phenoxy) is 2. The highest BCUT2D eigenvalue weighted by molar-refractivity contribution is 5.97. The second kappa shape index (κ2) is 10.9. The predicted octanol–water partition coefficient (Wildman–Crippen LogP) is 3.11. The molecule has 2 aromatic rings. The van der Waals surface area contributed by atoms with E-state index in [4.69, 9.17) is 9.47 Å². The molecule has 0 saturated carbocycles. The third-order valence-electron chi connectivity index (χ3n) is 7.73. The number of fused-ring (bicyclic) bond motifs is 2. The summed E-state index contributed by atoms with van der Waals surface area (Å²) >= 11 is 0. The summed E-state index contributed by atoms with van der Waals surface area (Å²) in [5.41, 5.74) is 2.54. The monoisotopic (exact) mass is 521 g/mol. The highest BCUT2D eigenvalue weighted by atomic mass is 16.5. The third-order valence-corrected chi connectivity index (χ3v) is 7.73. The molecule has 0 radical (unpaired) electrons. The first-order valence-corrected chi connectivity index (χ1v) is 13.7. The summed E-state index contributed by atoms with van der Waals surface area (Å²) in [6.07, 6.45) is 1.88. The highest BCUT2D eigenvalue weighted by Gasteiger charge is 2.35. The first kappa shape index (κ1) is 26.5. The van der Waals surface area contributed by atoms with Crippen LogP contribution in [0.1, 0.15) is 55.1 Å². The van der Waals surface area contributed by atoms with Gasteiger partial charge >= 0.3 is 0 Å². The van der Waals surface area contributed by atoms with Gasteiger partial charge in [-0.25, -0.2) is 0 Å². The van der Waals surface area contributed by atoms with Gasteiger partial charge in [0.15, 0.2) is 0 Å². The number of benzene rings is 2. The zero-order chi connectivity index (χ0) is 26.9. The van der Waals surface area contributed by atoms with Crippen molar-refractivity contribution in [3.8, 4) is 11.5 Å².